The smallest absolute Gasteiger partial charge is 0.224 e. The molecule has 1 atom stereocenters. The van der Waals surface area contributed by atoms with E-state index in [1.54, 1.807) is 12.1 Å². The van der Waals surface area contributed by atoms with Gasteiger partial charge in [0, 0.05) is 31.9 Å². The van der Waals surface area contributed by atoms with Crippen LogP contribution in [0.5, 0.6) is 5.75 Å². The largest absolute Gasteiger partial charge is 0.507 e. The molecule has 174 valence electrons. The molecule has 0 bridgehead atoms. The molecule has 1 amide bonds. The summed E-state index contributed by atoms with van der Waals surface area (Å²) in [6.07, 6.45) is 0.878. The number of nitrogens with one attached hydrogen (secondary N) is 1. The molecule has 2 aromatic carbocycles. The minimum atomic E-state index is 0. The molecule has 1 saturated heterocycles. The first-order valence-electron chi connectivity index (χ1n) is 11.7. The van der Waals surface area contributed by atoms with Gasteiger partial charge in [0.2, 0.25) is 5.91 Å². The van der Waals surface area contributed by atoms with Gasteiger partial charge in [-0.3, -0.25) is 4.79 Å². The fourth-order valence-corrected chi connectivity index (χ4v) is 5.45. The Morgan fingerprint density at radius 1 is 1.12 bits per heavy atom. The van der Waals surface area contributed by atoms with Crippen LogP contribution >= 0.6 is 0 Å². The maximum absolute atomic E-state index is 13.0. The van der Waals surface area contributed by atoms with Gasteiger partial charge in [-0.2, -0.15) is 0 Å². The average molecular weight is 447 g/mol. The van der Waals surface area contributed by atoms with Crippen molar-refractivity contribution in [3.63, 3.8) is 0 Å². The number of benzene rings is 2. The number of phenolic OH excluding ortho intramolecular Hbond substituents is 1. The minimum Gasteiger partial charge on any atom is -0.507 e. The van der Waals surface area contributed by atoms with Crippen LogP contribution in [0.2, 0.25) is 0 Å². The first kappa shape index (κ1) is 21.7. The topological polar surface area (TPSA) is 78.4 Å². The van der Waals surface area contributed by atoms with Crippen LogP contribution < -0.4 is 10.2 Å². The molecule has 2 N–H and O–H groups in total. The molecule has 1 aromatic heterocycles. The van der Waals surface area contributed by atoms with E-state index in [-0.39, 0.29) is 35.9 Å². The van der Waals surface area contributed by atoms with E-state index in [1.165, 1.54) is 0 Å². The number of para-hydroxylation sites is 1. The standard InChI is InChI=1S/C27H32N4O2.H2/c1-16-10-11-18-20(14-16)29-23(19-8-6-7-9-21(19)32)30-24(18)31-13-12-17(15-31)28-25(33)22-26(2,3)27(22,4)5;/h6-11,14,17,22,32H,12-13,15H2,1-5H3,(H,28,33);1H/t17-;/m1./s1. The molecule has 0 spiro atoms. The summed E-state index contributed by atoms with van der Waals surface area (Å²) in [5.74, 6) is 1.73. The van der Waals surface area contributed by atoms with Crippen LogP contribution in [0.3, 0.4) is 0 Å². The number of fused-ring (bicyclic) bond motifs is 1. The molecular formula is C27H34N4O2. The quantitative estimate of drug-likeness (QED) is 0.594. The monoisotopic (exact) mass is 446 g/mol. The lowest BCUT2D eigenvalue weighted by Crippen LogP contribution is -2.39. The maximum atomic E-state index is 13.0. The van der Waals surface area contributed by atoms with Crippen molar-refractivity contribution in [1.82, 2.24) is 15.3 Å². The summed E-state index contributed by atoms with van der Waals surface area (Å²) in [7, 11) is 0. The van der Waals surface area contributed by atoms with E-state index in [9.17, 15) is 9.90 Å². The third-order valence-corrected chi connectivity index (χ3v) is 8.09. The van der Waals surface area contributed by atoms with Gasteiger partial charge in [0.15, 0.2) is 5.82 Å². The summed E-state index contributed by atoms with van der Waals surface area (Å²) in [6, 6.07) is 13.4. The molecule has 6 nitrogen and oxygen atoms in total. The van der Waals surface area contributed by atoms with Crippen LogP contribution in [0.25, 0.3) is 22.3 Å². The van der Waals surface area contributed by atoms with Crippen molar-refractivity contribution in [2.24, 2.45) is 16.7 Å². The van der Waals surface area contributed by atoms with Gasteiger partial charge in [0.25, 0.3) is 0 Å². The summed E-state index contributed by atoms with van der Waals surface area (Å²) in [5, 5.41) is 14.7. The van der Waals surface area contributed by atoms with E-state index in [4.69, 9.17) is 9.97 Å². The van der Waals surface area contributed by atoms with Gasteiger partial charge in [-0.1, -0.05) is 45.9 Å². The molecule has 33 heavy (non-hydrogen) atoms. The Kier molecular flexibility index (Phi) is 4.89. The molecule has 5 rings (SSSR count). The maximum Gasteiger partial charge on any atom is 0.224 e. The number of anilines is 1. The van der Waals surface area contributed by atoms with E-state index < -0.39 is 0 Å². The highest BCUT2D eigenvalue weighted by molar-refractivity contribution is 5.92. The summed E-state index contributed by atoms with van der Waals surface area (Å²) >= 11 is 0. The first-order valence-corrected chi connectivity index (χ1v) is 11.7. The summed E-state index contributed by atoms with van der Waals surface area (Å²) in [6.45, 7) is 12.3. The number of rotatable bonds is 4. The van der Waals surface area contributed by atoms with Crippen LogP contribution in [-0.2, 0) is 4.79 Å². The van der Waals surface area contributed by atoms with E-state index in [1.807, 2.05) is 19.1 Å². The zero-order chi connectivity index (χ0) is 23.5. The van der Waals surface area contributed by atoms with E-state index in [0.717, 1.165) is 35.2 Å². The zero-order valence-corrected chi connectivity index (χ0v) is 20.0. The number of amides is 1. The molecule has 2 aliphatic rings. The highest BCUT2D eigenvalue weighted by Gasteiger charge is 2.68. The summed E-state index contributed by atoms with van der Waals surface area (Å²) < 4.78 is 0. The van der Waals surface area contributed by atoms with E-state index >= 15 is 0 Å². The average Bonchev–Trinajstić information content (AvgIpc) is 3.04. The van der Waals surface area contributed by atoms with Crippen molar-refractivity contribution in [3.8, 4) is 17.1 Å². The fraction of sp³-hybridized carbons (Fsp3) is 0.444. The second-order valence-electron chi connectivity index (χ2n) is 10.7. The lowest BCUT2D eigenvalue weighted by molar-refractivity contribution is -0.124. The predicted molar refractivity (Wildman–Crippen MR) is 133 cm³/mol. The Labute approximate surface area is 196 Å². The van der Waals surface area contributed by atoms with Gasteiger partial charge in [-0.25, -0.2) is 9.97 Å². The molecular weight excluding hydrogens is 412 g/mol. The number of phenols is 1. The van der Waals surface area contributed by atoms with Gasteiger partial charge >= 0.3 is 0 Å². The molecule has 1 saturated carbocycles. The molecule has 1 aliphatic carbocycles. The fourth-order valence-electron chi connectivity index (χ4n) is 5.45. The summed E-state index contributed by atoms with van der Waals surface area (Å²) in [4.78, 5) is 24.9. The second-order valence-corrected chi connectivity index (χ2v) is 10.7. The lowest BCUT2D eigenvalue weighted by atomic mass is 10.0. The van der Waals surface area contributed by atoms with Gasteiger partial charge in [-0.05, 0) is 54.0 Å². The predicted octanol–water partition coefficient (Wildman–Crippen LogP) is 4.93. The van der Waals surface area contributed by atoms with E-state index in [2.05, 4.69) is 56.1 Å². The Hall–Kier alpha value is -3.15. The van der Waals surface area contributed by atoms with Crippen LogP contribution in [0, 0.1) is 23.7 Å². The van der Waals surface area contributed by atoms with Crippen molar-refractivity contribution in [3.05, 3.63) is 48.0 Å². The van der Waals surface area contributed by atoms with Crippen molar-refractivity contribution in [2.45, 2.75) is 47.1 Å². The number of hydrogen-bond donors (Lipinski definition) is 2. The molecule has 2 heterocycles. The number of carbonyl (C=O) groups excluding carboxylic acids is 1. The molecule has 0 radical (unpaired) electrons. The Morgan fingerprint density at radius 2 is 1.85 bits per heavy atom. The number of hydrogen-bond acceptors (Lipinski definition) is 5. The van der Waals surface area contributed by atoms with Crippen molar-refractivity contribution in [1.29, 1.82) is 0 Å². The van der Waals surface area contributed by atoms with Gasteiger partial charge in [-0.15, -0.1) is 0 Å². The Bertz CT molecular complexity index is 1240. The molecule has 0 unspecified atom stereocenters. The van der Waals surface area contributed by atoms with Gasteiger partial charge in [0.1, 0.15) is 11.6 Å². The van der Waals surface area contributed by atoms with Crippen LogP contribution in [0.15, 0.2) is 42.5 Å². The van der Waals surface area contributed by atoms with Crippen molar-refractivity contribution < 1.29 is 11.3 Å². The van der Waals surface area contributed by atoms with E-state index in [0.29, 0.717) is 17.9 Å². The van der Waals surface area contributed by atoms with Crippen LogP contribution in [0.4, 0.5) is 5.82 Å². The normalized spacial score (nSPS) is 21.4. The Balaban J connectivity index is 0.00000274. The second kappa shape index (κ2) is 7.44. The third-order valence-electron chi connectivity index (χ3n) is 8.09. The summed E-state index contributed by atoms with van der Waals surface area (Å²) in [5.41, 5.74) is 2.65. The SMILES string of the molecule is Cc1ccc2c(N3CC[C@@H](NC(=O)C4C(C)(C)C4(C)C)C3)nc(-c3ccccc3O)nc2c1.[HH]. The Morgan fingerprint density at radius 3 is 2.55 bits per heavy atom. The minimum absolute atomic E-state index is 0. The van der Waals surface area contributed by atoms with Crippen LogP contribution in [0.1, 0.15) is 41.1 Å². The first-order chi connectivity index (χ1) is 15.6. The highest BCUT2D eigenvalue weighted by atomic mass is 16.3. The number of nitrogens with zero attached hydrogens (tertiary/aromatic N) is 3. The number of carbonyl (C=O) groups is 1. The molecule has 6 heteroatoms. The van der Waals surface area contributed by atoms with Gasteiger partial charge < -0.3 is 15.3 Å². The molecule has 1 aliphatic heterocycles. The molecule has 3 aromatic rings. The van der Waals surface area contributed by atoms with Gasteiger partial charge in [0.05, 0.1) is 11.1 Å². The highest BCUT2D eigenvalue weighted by Crippen LogP contribution is 2.68. The number of aromatic nitrogens is 2. The lowest BCUT2D eigenvalue weighted by Gasteiger charge is -2.21. The van der Waals surface area contributed by atoms with Crippen molar-refractivity contribution >= 4 is 22.6 Å². The van der Waals surface area contributed by atoms with Crippen LogP contribution in [-0.4, -0.2) is 40.1 Å². The van der Waals surface area contributed by atoms with Crippen molar-refractivity contribution in [2.75, 3.05) is 18.0 Å². The molecule has 2 fully saturated rings. The number of aryl methyl sites for hydroxylation is 1. The number of aromatic hydroxyl groups is 1. The zero-order valence-electron chi connectivity index (χ0n) is 20.0. The third kappa shape index (κ3) is 3.52.